The van der Waals surface area contributed by atoms with Gasteiger partial charge in [-0.2, -0.15) is 0 Å². The van der Waals surface area contributed by atoms with Crippen LogP contribution >= 0.6 is 0 Å². The number of rotatable bonds is 7. The van der Waals surface area contributed by atoms with Crippen LogP contribution in [0.15, 0.2) is 91.0 Å². The SMILES string of the molecule is CC(C)(C)OC(=O)N1[C@H](CO)[C@@H]2OC(C)(C)O[C@@H]2[C@H]1COC(c1ccccc1)(c1ccccc1)c1ccccc1. The van der Waals surface area contributed by atoms with E-state index in [0.717, 1.165) is 16.7 Å². The van der Waals surface area contributed by atoms with E-state index in [4.69, 9.17) is 18.9 Å². The predicted molar refractivity (Wildman–Crippen MR) is 152 cm³/mol. The summed E-state index contributed by atoms with van der Waals surface area (Å²) in [6.07, 6.45) is -1.58. The smallest absolute Gasteiger partial charge is 0.411 e. The highest BCUT2D eigenvalue weighted by Gasteiger charge is 2.60. The van der Waals surface area contributed by atoms with Crippen molar-refractivity contribution in [3.05, 3.63) is 108 Å². The van der Waals surface area contributed by atoms with Gasteiger partial charge in [0, 0.05) is 0 Å². The van der Waals surface area contributed by atoms with Crippen molar-refractivity contribution in [1.29, 1.82) is 0 Å². The average molecular weight is 546 g/mol. The highest BCUT2D eigenvalue weighted by atomic mass is 16.8. The van der Waals surface area contributed by atoms with E-state index in [-0.39, 0.29) is 13.2 Å². The molecule has 1 amide bonds. The lowest BCUT2D eigenvalue weighted by Gasteiger charge is -2.39. The monoisotopic (exact) mass is 545 g/mol. The molecule has 0 bridgehead atoms. The molecule has 3 aromatic carbocycles. The standard InChI is InChI=1S/C33H39NO6/c1-31(2,3)40-30(36)34-26(21-35)28-29(39-32(4,5)38-28)27(34)22-37-33(23-15-9-6-10-16-23,24-17-11-7-12-18-24)25-19-13-8-14-20-25/h6-20,26-29,35H,21-22H2,1-5H3/t26-,27-,28+,29-/m1/s1. The van der Waals surface area contributed by atoms with Gasteiger partial charge >= 0.3 is 6.09 Å². The number of carbonyl (C=O) groups is 1. The lowest BCUT2D eigenvalue weighted by atomic mass is 9.80. The molecule has 2 aliphatic heterocycles. The normalized spacial score (nSPS) is 24.1. The maximum Gasteiger partial charge on any atom is 0.411 e. The van der Waals surface area contributed by atoms with Crippen molar-refractivity contribution in [3.8, 4) is 0 Å². The van der Waals surface area contributed by atoms with Gasteiger partial charge in [-0.05, 0) is 51.3 Å². The highest BCUT2D eigenvalue weighted by Crippen LogP contribution is 2.44. The summed E-state index contributed by atoms with van der Waals surface area (Å²) in [6, 6.07) is 29.0. The van der Waals surface area contributed by atoms with E-state index in [0.29, 0.717) is 0 Å². The Kier molecular flexibility index (Phi) is 7.77. The second-order valence-electron chi connectivity index (χ2n) is 11.9. The van der Waals surface area contributed by atoms with Gasteiger partial charge < -0.3 is 24.1 Å². The first-order chi connectivity index (χ1) is 19.1. The number of carbonyl (C=O) groups excluding carboxylic acids is 1. The van der Waals surface area contributed by atoms with Crippen LogP contribution in [0.2, 0.25) is 0 Å². The zero-order chi connectivity index (χ0) is 28.5. The molecular formula is C33H39NO6. The minimum absolute atomic E-state index is 0.106. The van der Waals surface area contributed by atoms with Crippen LogP contribution in [-0.2, 0) is 24.5 Å². The van der Waals surface area contributed by atoms with Gasteiger partial charge in [-0.25, -0.2) is 4.79 Å². The number of amides is 1. The molecule has 7 heteroatoms. The van der Waals surface area contributed by atoms with Crippen molar-refractivity contribution in [3.63, 3.8) is 0 Å². The zero-order valence-corrected chi connectivity index (χ0v) is 23.8. The molecule has 4 atom stereocenters. The van der Waals surface area contributed by atoms with Crippen LogP contribution in [0, 0.1) is 0 Å². The molecule has 3 aromatic rings. The van der Waals surface area contributed by atoms with Crippen LogP contribution in [-0.4, -0.2) is 65.0 Å². The van der Waals surface area contributed by atoms with Crippen LogP contribution in [0.4, 0.5) is 4.79 Å². The van der Waals surface area contributed by atoms with Crippen LogP contribution in [0.5, 0.6) is 0 Å². The van der Waals surface area contributed by atoms with Crippen LogP contribution in [0.3, 0.4) is 0 Å². The van der Waals surface area contributed by atoms with Crippen molar-refractivity contribution >= 4 is 6.09 Å². The molecule has 7 nitrogen and oxygen atoms in total. The van der Waals surface area contributed by atoms with Crippen molar-refractivity contribution in [2.24, 2.45) is 0 Å². The number of aliphatic hydroxyl groups excluding tert-OH is 1. The minimum atomic E-state index is -0.981. The third-order valence-electron chi connectivity index (χ3n) is 7.44. The summed E-state index contributed by atoms with van der Waals surface area (Å²) < 4.78 is 25.4. The van der Waals surface area contributed by atoms with E-state index in [1.165, 1.54) is 0 Å². The second-order valence-corrected chi connectivity index (χ2v) is 11.9. The first-order valence-electron chi connectivity index (χ1n) is 13.8. The maximum absolute atomic E-state index is 13.6. The predicted octanol–water partition coefficient (Wildman–Crippen LogP) is 5.50. The lowest BCUT2D eigenvalue weighted by molar-refractivity contribution is -0.173. The summed E-state index contributed by atoms with van der Waals surface area (Å²) in [6.45, 7) is 8.97. The number of ether oxygens (including phenoxy) is 4. The Balaban J connectivity index is 1.60. The van der Waals surface area contributed by atoms with E-state index >= 15 is 0 Å². The number of likely N-dealkylation sites (tertiary alicyclic amines) is 1. The summed E-state index contributed by atoms with van der Waals surface area (Å²) in [7, 11) is 0. The molecule has 1 N–H and O–H groups in total. The Morgan fingerprint density at radius 2 is 1.23 bits per heavy atom. The molecule has 0 saturated carbocycles. The zero-order valence-electron chi connectivity index (χ0n) is 23.8. The average Bonchev–Trinajstić information content (AvgIpc) is 3.39. The van der Waals surface area contributed by atoms with Crippen molar-refractivity contribution in [2.45, 2.75) is 75.9 Å². The Labute approximate surface area is 236 Å². The molecule has 2 saturated heterocycles. The number of fused-ring (bicyclic) bond motifs is 1. The number of nitrogens with zero attached hydrogens (tertiary/aromatic N) is 1. The Morgan fingerprint density at radius 1 is 0.800 bits per heavy atom. The van der Waals surface area contributed by atoms with Gasteiger partial charge in [-0.15, -0.1) is 0 Å². The topological polar surface area (TPSA) is 77.5 Å². The van der Waals surface area contributed by atoms with E-state index in [1.54, 1.807) is 4.90 Å². The third-order valence-corrected chi connectivity index (χ3v) is 7.44. The van der Waals surface area contributed by atoms with Gasteiger partial charge in [0.05, 0.1) is 25.3 Å². The largest absolute Gasteiger partial charge is 0.444 e. The summed E-state index contributed by atoms with van der Waals surface area (Å²) in [5.41, 5.74) is 1.16. The van der Waals surface area contributed by atoms with Crippen molar-refractivity contribution in [2.75, 3.05) is 13.2 Å². The number of benzene rings is 3. The fourth-order valence-corrected chi connectivity index (χ4v) is 5.91. The van der Waals surface area contributed by atoms with Gasteiger partial charge in [0.1, 0.15) is 23.4 Å². The molecule has 0 aliphatic carbocycles. The Hall–Kier alpha value is -3.23. The van der Waals surface area contributed by atoms with Crippen LogP contribution in [0.25, 0.3) is 0 Å². The highest BCUT2D eigenvalue weighted by molar-refractivity contribution is 5.70. The van der Waals surface area contributed by atoms with E-state index in [9.17, 15) is 9.90 Å². The second kappa shape index (κ2) is 11.0. The molecule has 0 aromatic heterocycles. The molecule has 2 aliphatic rings. The van der Waals surface area contributed by atoms with Gasteiger partial charge in [0.25, 0.3) is 0 Å². The maximum atomic E-state index is 13.6. The minimum Gasteiger partial charge on any atom is -0.444 e. The molecule has 0 spiro atoms. The number of hydrogen-bond acceptors (Lipinski definition) is 6. The van der Waals surface area contributed by atoms with E-state index < -0.39 is 47.4 Å². The van der Waals surface area contributed by atoms with E-state index in [2.05, 4.69) is 36.4 Å². The fraction of sp³-hybridized carbons (Fsp3) is 0.424. The Bertz CT molecular complexity index is 1180. The number of aliphatic hydroxyl groups is 1. The summed E-state index contributed by atoms with van der Waals surface area (Å²) in [5, 5.41) is 10.5. The summed E-state index contributed by atoms with van der Waals surface area (Å²) in [5.74, 6) is -0.865. The quantitative estimate of drug-likeness (QED) is 0.396. The lowest BCUT2D eigenvalue weighted by Crippen LogP contribution is -2.52. The van der Waals surface area contributed by atoms with E-state index in [1.807, 2.05) is 89.2 Å². The van der Waals surface area contributed by atoms with Crippen LogP contribution < -0.4 is 0 Å². The Morgan fingerprint density at radius 3 is 1.62 bits per heavy atom. The van der Waals surface area contributed by atoms with Crippen molar-refractivity contribution in [1.82, 2.24) is 4.90 Å². The van der Waals surface area contributed by atoms with Gasteiger partial charge in [-0.1, -0.05) is 91.0 Å². The van der Waals surface area contributed by atoms with Crippen LogP contribution in [0.1, 0.15) is 51.3 Å². The molecule has 2 fully saturated rings. The molecule has 40 heavy (non-hydrogen) atoms. The van der Waals surface area contributed by atoms with Gasteiger partial charge in [0.15, 0.2) is 5.79 Å². The molecule has 2 heterocycles. The third kappa shape index (κ3) is 5.39. The molecular weight excluding hydrogens is 506 g/mol. The first kappa shape index (κ1) is 28.3. The fourth-order valence-electron chi connectivity index (χ4n) is 5.91. The molecule has 212 valence electrons. The van der Waals surface area contributed by atoms with Gasteiger partial charge in [-0.3, -0.25) is 4.90 Å². The summed E-state index contributed by atoms with van der Waals surface area (Å²) in [4.78, 5) is 15.2. The van der Waals surface area contributed by atoms with Crippen molar-refractivity contribution < 1.29 is 28.8 Å². The summed E-state index contributed by atoms with van der Waals surface area (Å²) >= 11 is 0. The molecule has 5 rings (SSSR count). The number of hydrogen-bond donors (Lipinski definition) is 1. The molecule has 0 radical (unpaired) electrons. The molecule has 0 unspecified atom stereocenters. The first-order valence-corrected chi connectivity index (χ1v) is 13.8. The van der Waals surface area contributed by atoms with Gasteiger partial charge in [0.2, 0.25) is 0 Å².